The van der Waals surface area contributed by atoms with Crippen molar-refractivity contribution in [3.8, 4) is 12.3 Å². The van der Waals surface area contributed by atoms with Gasteiger partial charge in [-0.25, -0.2) is 8.42 Å². The second kappa shape index (κ2) is 10.4. The predicted molar refractivity (Wildman–Crippen MR) is 115 cm³/mol. The Bertz CT molecular complexity index is 983. The second-order valence-corrected chi connectivity index (χ2v) is 8.92. The summed E-state index contributed by atoms with van der Waals surface area (Å²) < 4.78 is 26.6. The molecule has 6 nitrogen and oxygen atoms in total. The summed E-state index contributed by atoms with van der Waals surface area (Å²) in [6, 6.07) is 13.2. The van der Waals surface area contributed by atoms with Gasteiger partial charge in [-0.05, 0) is 56.1 Å². The van der Waals surface area contributed by atoms with Gasteiger partial charge in [-0.2, -0.15) is 4.72 Å². The lowest BCUT2D eigenvalue weighted by Crippen LogP contribution is -2.36. The maximum Gasteiger partial charge on any atom is 0.254 e. The minimum absolute atomic E-state index is 0.0546. The molecule has 2 aromatic carbocycles. The van der Waals surface area contributed by atoms with Gasteiger partial charge in [0.1, 0.15) is 0 Å². The highest BCUT2D eigenvalue weighted by Crippen LogP contribution is 2.16. The number of carbonyl (C=O) groups is 1. The molecule has 0 aliphatic rings. The fourth-order valence-corrected chi connectivity index (χ4v) is 3.76. The number of terminal acetylenes is 1. The van der Waals surface area contributed by atoms with E-state index < -0.39 is 10.0 Å². The van der Waals surface area contributed by atoms with E-state index in [-0.39, 0.29) is 17.3 Å². The topological polar surface area (TPSA) is 69.7 Å². The average Bonchev–Trinajstić information content (AvgIpc) is 2.69. The highest BCUT2D eigenvalue weighted by atomic mass is 35.5. The number of nitrogens with one attached hydrogen (secondary N) is 1. The first-order valence-electron chi connectivity index (χ1n) is 8.94. The molecule has 0 heterocycles. The van der Waals surface area contributed by atoms with Crippen molar-refractivity contribution < 1.29 is 13.2 Å². The second-order valence-electron chi connectivity index (χ2n) is 6.71. The summed E-state index contributed by atoms with van der Waals surface area (Å²) in [4.78, 5) is 16.8. The van der Waals surface area contributed by atoms with Crippen LogP contribution >= 0.6 is 11.6 Å². The van der Waals surface area contributed by atoms with Crippen LogP contribution in [0.15, 0.2) is 53.4 Å². The Morgan fingerprint density at radius 3 is 2.41 bits per heavy atom. The van der Waals surface area contributed by atoms with E-state index in [0.29, 0.717) is 30.2 Å². The van der Waals surface area contributed by atoms with Crippen molar-refractivity contribution >= 4 is 27.5 Å². The van der Waals surface area contributed by atoms with Crippen molar-refractivity contribution in [1.29, 1.82) is 0 Å². The summed E-state index contributed by atoms with van der Waals surface area (Å²) in [5.41, 5.74) is 1.32. The number of likely N-dealkylation sites (N-methyl/N-ethyl adjacent to an activating group) is 1. The molecule has 2 rings (SSSR count). The van der Waals surface area contributed by atoms with Crippen LogP contribution in [0.1, 0.15) is 15.9 Å². The van der Waals surface area contributed by atoms with E-state index in [1.165, 1.54) is 24.3 Å². The first kappa shape index (κ1) is 22.9. The lowest BCUT2D eigenvalue weighted by Gasteiger charge is -2.25. The molecule has 0 aliphatic heterocycles. The number of rotatable bonds is 9. The van der Waals surface area contributed by atoms with Gasteiger partial charge in [0.05, 0.1) is 11.4 Å². The Hall–Kier alpha value is -2.37. The fraction of sp³-hybridized carbons (Fsp3) is 0.286. The lowest BCUT2D eigenvalue weighted by molar-refractivity contribution is 0.0732. The molecular weight excluding hydrogens is 410 g/mol. The molecule has 0 bridgehead atoms. The molecule has 154 valence electrons. The van der Waals surface area contributed by atoms with Crippen molar-refractivity contribution in [1.82, 2.24) is 14.5 Å². The SMILES string of the molecule is C#CCNS(=O)(=O)c1ccc(C(=O)N(CCN(C)C)Cc2cccc(Cl)c2)cc1. The van der Waals surface area contributed by atoms with E-state index in [1.807, 2.05) is 37.2 Å². The number of carbonyl (C=O) groups excluding carboxylic acids is 1. The zero-order valence-electron chi connectivity index (χ0n) is 16.4. The number of benzene rings is 2. The van der Waals surface area contributed by atoms with Gasteiger partial charge >= 0.3 is 0 Å². The third-order valence-electron chi connectivity index (χ3n) is 4.14. The molecule has 2 aromatic rings. The van der Waals surface area contributed by atoms with Crippen LogP contribution in [0.5, 0.6) is 0 Å². The Kier molecular flexibility index (Phi) is 8.23. The van der Waals surface area contributed by atoms with Crippen LogP contribution in [0.2, 0.25) is 5.02 Å². The summed E-state index contributed by atoms with van der Waals surface area (Å²) in [5.74, 6) is 2.04. The van der Waals surface area contributed by atoms with Crippen LogP contribution < -0.4 is 4.72 Å². The largest absolute Gasteiger partial charge is 0.333 e. The summed E-state index contributed by atoms with van der Waals surface area (Å²) in [6.45, 7) is 1.51. The van der Waals surface area contributed by atoms with Crippen molar-refractivity contribution in [3.63, 3.8) is 0 Å². The number of hydrogen-bond acceptors (Lipinski definition) is 4. The Labute approximate surface area is 177 Å². The lowest BCUT2D eigenvalue weighted by atomic mass is 10.1. The third-order valence-corrected chi connectivity index (χ3v) is 5.79. The zero-order chi connectivity index (χ0) is 21.4. The molecule has 0 saturated carbocycles. The van der Waals surface area contributed by atoms with Crippen LogP contribution in [0.3, 0.4) is 0 Å². The van der Waals surface area contributed by atoms with E-state index in [4.69, 9.17) is 18.0 Å². The van der Waals surface area contributed by atoms with Gasteiger partial charge in [0.15, 0.2) is 0 Å². The molecule has 1 amide bonds. The van der Waals surface area contributed by atoms with Crippen LogP contribution in [0, 0.1) is 12.3 Å². The Balaban J connectivity index is 2.22. The molecule has 0 spiro atoms. The quantitative estimate of drug-likeness (QED) is 0.617. The standard InChI is InChI=1S/C21H24ClN3O3S/c1-4-12-23-29(27,28)20-10-8-18(9-11-20)21(26)25(14-13-24(2)3)16-17-6-5-7-19(22)15-17/h1,5-11,15,23H,12-14,16H2,2-3H3. The molecule has 0 saturated heterocycles. The van der Waals surface area contributed by atoms with E-state index in [1.54, 1.807) is 11.0 Å². The van der Waals surface area contributed by atoms with Crippen molar-refractivity contribution in [3.05, 3.63) is 64.7 Å². The summed E-state index contributed by atoms with van der Waals surface area (Å²) in [6.07, 6.45) is 5.09. The molecule has 0 aliphatic carbocycles. The number of amides is 1. The van der Waals surface area contributed by atoms with E-state index in [2.05, 4.69) is 10.6 Å². The Morgan fingerprint density at radius 1 is 1.14 bits per heavy atom. The van der Waals surface area contributed by atoms with Crippen LogP contribution in [-0.4, -0.2) is 57.9 Å². The predicted octanol–water partition coefficient (Wildman–Crippen LogP) is 2.46. The van der Waals surface area contributed by atoms with Crippen LogP contribution in [-0.2, 0) is 16.6 Å². The zero-order valence-corrected chi connectivity index (χ0v) is 18.0. The van der Waals surface area contributed by atoms with Gasteiger partial charge in [-0.3, -0.25) is 4.79 Å². The van der Waals surface area contributed by atoms with Gasteiger partial charge in [0, 0.05) is 30.2 Å². The average molecular weight is 434 g/mol. The fourth-order valence-electron chi connectivity index (χ4n) is 2.61. The van der Waals surface area contributed by atoms with E-state index in [0.717, 1.165) is 5.56 Å². The summed E-state index contributed by atoms with van der Waals surface area (Å²) in [5, 5.41) is 0.608. The number of nitrogens with zero attached hydrogens (tertiary/aromatic N) is 2. The summed E-state index contributed by atoms with van der Waals surface area (Å²) in [7, 11) is 0.172. The highest BCUT2D eigenvalue weighted by Gasteiger charge is 2.19. The van der Waals surface area contributed by atoms with Gasteiger partial charge in [0.2, 0.25) is 10.0 Å². The van der Waals surface area contributed by atoms with Gasteiger partial charge in [-0.15, -0.1) is 6.42 Å². The maximum absolute atomic E-state index is 13.1. The number of hydrogen-bond donors (Lipinski definition) is 1. The molecule has 0 aromatic heterocycles. The minimum atomic E-state index is -3.70. The maximum atomic E-state index is 13.1. The smallest absolute Gasteiger partial charge is 0.254 e. The number of halogens is 1. The molecule has 0 radical (unpaired) electrons. The number of sulfonamides is 1. The Morgan fingerprint density at radius 2 is 1.83 bits per heavy atom. The molecule has 8 heteroatoms. The molecular formula is C21H24ClN3O3S. The molecule has 0 unspecified atom stereocenters. The minimum Gasteiger partial charge on any atom is -0.333 e. The van der Waals surface area contributed by atoms with Crippen LogP contribution in [0.4, 0.5) is 0 Å². The third kappa shape index (κ3) is 6.87. The first-order valence-corrected chi connectivity index (χ1v) is 10.8. The van der Waals surface area contributed by atoms with E-state index >= 15 is 0 Å². The molecule has 29 heavy (non-hydrogen) atoms. The summed E-state index contributed by atoms with van der Waals surface area (Å²) >= 11 is 6.06. The van der Waals surface area contributed by atoms with Crippen molar-refractivity contribution in [2.45, 2.75) is 11.4 Å². The first-order chi connectivity index (χ1) is 13.7. The van der Waals surface area contributed by atoms with Gasteiger partial charge < -0.3 is 9.80 Å². The monoisotopic (exact) mass is 433 g/mol. The van der Waals surface area contributed by atoms with Crippen molar-refractivity contribution in [2.75, 3.05) is 33.7 Å². The van der Waals surface area contributed by atoms with Gasteiger partial charge in [-0.1, -0.05) is 29.7 Å². The molecule has 0 atom stereocenters. The normalized spacial score (nSPS) is 11.3. The van der Waals surface area contributed by atoms with Crippen molar-refractivity contribution in [2.24, 2.45) is 0 Å². The van der Waals surface area contributed by atoms with Gasteiger partial charge in [0.25, 0.3) is 5.91 Å². The van der Waals surface area contributed by atoms with E-state index in [9.17, 15) is 13.2 Å². The molecule has 0 fully saturated rings. The highest BCUT2D eigenvalue weighted by molar-refractivity contribution is 7.89. The molecule has 1 N–H and O–H groups in total. The van der Waals surface area contributed by atoms with Crippen LogP contribution in [0.25, 0.3) is 0 Å².